The van der Waals surface area contributed by atoms with Crippen molar-refractivity contribution in [1.29, 1.82) is 0 Å². The number of unbranched alkanes of at least 4 members (excludes halogenated alkanes) is 1. The molecule has 2 N–H and O–H groups in total. The maximum Gasteiger partial charge on any atom is 0.410 e. The van der Waals surface area contributed by atoms with Crippen LogP contribution in [0.25, 0.3) is 11.3 Å². The molecule has 0 radical (unpaired) electrons. The van der Waals surface area contributed by atoms with Crippen LogP contribution in [0.4, 0.5) is 14.9 Å². The summed E-state index contributed by atoms with van der Waals surface area (Å²) < 4.78 is 44.1. The van der Waals surface area contributed by atoms with E-state index in [9.17, 15) is 28.8 Å². The number of hydrogen-bond donors (Lipinski definition) is 1. The van der Waals surface area contributed by atoms with Crippen molar-refractivity contribution in [2.24, 2.45) is 29.6 Å². The summed E-state index contributed by atoms with van der Waals surface area (Å²) in [7, 11) is 3.67. The SMILES string of the molecule is CCC1C(=O)C(=O)[C@@](C)(F)C(=O)[C@H](C)[C@H](O[C@@H]2O[C@H](C)C[C@H](N(C)C)[C@H]2OC(=O)c2ccccc2)[C@H](C)C[C@@H](C)C(=O)[C@H](C)[C@H]2N(CCCCn3cc(-c4cccc(N)c4)nn3)C(=O)O[C@@]12C. The molecular formula is C50H67FN6O10. The van der Waals surface area contributed by atoms with E-state index in [0.29, 0.717) is 42.8 Å². The summed E-state index contributed by atoms with van der Waals surface area (Å²) >= 11 is 0. The predicted molar refractivity (Wildman–Crippen MR) is 246 cm³/mol. The number of benzene rings is 2. The molecule has 16 nitrogen and oxygen atoms in total. The fraction of sp³-hybridized carbons (Fsp3) is 0.600. The molecule has 3 aromatic rings. The maximum atomic E-state index is 17.2. The Morgan fingerprint density at radius 1 is 0.925 bits per heavy atom. The van der Waals surface area contributed by atoms with Crippen LogP contribution in [0.5, 0.6) is 0 Å². The summed E-state index contributed by atoms with van der Waals surface area (Å²) in [5.41, 5.74) is 3.24. The largest absolute Gasteiger partial charge is 0.452 e. The molecule has 6 rings (SSSR count). The Morgan fingerprint density at radius 2 is 1.61 bits per heavy atom. The van der Waals surface area contributed by atoms with Crippen molar-refractivity contribution in [3.8, 4) is 11.3 Å². The van der Waals surface area contributed by atoms with Crippen LogP contribution in [-0.4, -0.2) is 129 Å². The number of likely N-dealkylation sites (N-methyl/N-ethyl adjacent to an activating group) is 1. The molecule has 1 unspecified atom stereocenters. The number of carbonyl (C=O) groups excluding carboxylic acids is 6. The molecule has 1 aliphatic carbocycles. The van der Waals surface area contributed by atoms with Crippen LogP contribution < -0.4 is 5.73 Å². The number of aromatic nitrogens is 3. The third-order valence-electron chi connectivity index (χ3n) is 14.1. The molecule has 364 valence electrons. The number of nitrogens with two attached hydrogens (primary N) is 1. The number of nitrogen functional groups attached to an aromatic ring is 1. The first-order valence-corrected chi connectivity index (χ1v) is 23.4. The van der Waals surface area contributed by atoms with Gasteiger partial charge in [-0.2, -0.15) is 0 Å². The van der Waals surface area contributed by atoms with E-state index >= 15 is 4.39 Å². The van der Waals surface area contributed by atoms with Crippen LogP contribution in [0.1, 0.15) is 97.9 Å². The molecule has 2 saturated heterocycles. The Balaban J connectivity index is 1.29. The summed E-state index contributed by atoms with van der Waals surface area (Å²) in [6.07, 6.45) is -1.31. The summed E-state index contributed by atoms with van der Waals surface area (Å²) in [6.45, 7) is 13.0. The zero-order valence-corrected chi connectivity index (χ0v) is 40.3. The fourth-order valence-electron chi connectivity index (χ4n) is 10.6. The number of rotatable bonds is 12. The molecule has 3 heterocycles. The number of aryl methyl sites for hydroxylation is 1. The second kappa shape index (κ2) is 20.9. The molecular weight excluding hydrogens is 864 g/mol. The molecule has 1 amide bonds. The number of anilines is 1. The van der Waals surface area contributed by atoms with E-state index in [1.54, 1.807) is 81.0 Å². The number of Topliss-reactive ketones (excluding diaryl/α,β-unsaturated/α-hetero) is 4. The molecule has 0 spiro atoms. The molecule has 1 saturated carbocycles. The van der Waals surface area contributed by atoms with Crippen molar-refractivity contribution in [2.45, 2.75) is 142 Å². The summed E-state index contributed by atoms with van der Waals surface area (Å²) in [5.74, 6) is -9.94. The zero-order chi connectivity index (χ0) is 49.1. The van der Waals surface area contributed by atoms with Gasteiger partial charge in [-0.1, -0.05) is 70.2 Å². The first-order valence-electron chi connectivity index (χ1n) is 23.4. The van der Waals surface area contributed by atoms with Crippen molar-refractivity contribution in [1.82, 2.24) is 24.8 Å². The highest BCUT2D eigenvalue weighted by atomic mass is 19.1. The minimum Gasteiger partial charge on any atom is -0.452 e. The van der Waals surface area contributed by atoms with Crippen LogP contribution in [0, 0.1) is 29.6 Å². The highest BCUT2D eigenvalue weighted by molar-refractivity contribution is 6.45. The number of carbonyl (C=O) groups is 6. The summed E-state index contributed by atoms with van der Waals surface area (Å²) in [5, 5.41) is 8.51. The molecule has 17 heteroatoms. The lowest BCUT2D eigenvalue weighted by molar-refractivity contribution is -0.277. The van der Waals surface area contributed by atoms with Gasteiger partial charge in [0, 0.05) is 42.1 Å². The van der Waals surface area contributed by atoms with Crippen LogP contribution >= 0.6 is 0 Å². The van der Waals surface area contributed by atoms with Gasteiger partial charge in [0.2, 0.25) is 17.2 Å². The van der Waals surface area contributed by atoms with Gasteiger partial charge >= 0.3 is 12.1 Å². The number of halogens is 1. The lowest BCUT2D eigenvalue weighted by Crippen LogP contribution is -2.60. The highest BCUT2D eigenvalue weighted by Crippen LogP contribution is 2.44. The quantitative estimate of drug-likeness (QED) is 0.0674. The average molecular weight is 931 g/mol. The fourth-order valence-corrected chi connectivity index (χ4v) is 10.6. The summed E-state index contributed by atoms with van der Waals surface area (Å²) in [4.78, 5) is 88.8. The Bertz CT molecular complexity index is 2290. The van der Waals surface area contributed by atoms with E-state index in [4.69, 9.17) is 24.7 Å². The second-order valence-electron chi connectivity index (χ2n) is 19.4. The Morgan fingerprint density at radius 3 is 2.27 bits per heavy atom. The van der Waals surface area contributed by atoms with Crippen molar-refractivity contribution in [3.05, 3.63) is 66.4 Å². The van der Waals surface area contributed by atoms with Gasteiger partial charge in [0.15, 0.2) is 18.2 Å². The molecule has 3 fully saturated rings. The van der Waals surface area contributed by atoms with E-state index in [1.807, 2.05) is 38.1 Å². The van der Waals surface area contributed by atoms with Gasteiger partial charge in [0.05, 0.1) is 42.0 Å². The van der Waals surface area contributed by atoms with E-state index in [0.717, 1.165) is 12.5 Å². The lowest BCUT2D eigenvalue weighted by Gasteiger charge is -2.45. The smallest absolute Gasteiger partial charge is 0.410 e. The van der Waals surface area contributed by atoms with Gasteiger partial charge in [-0.3, -0.25) is 23.9 Å². The molecule has 67 heavy (non-hydrogen) atoms. The van der Waals surface area contributed by atoms with Crippen molar-refractivity contribution >= 4 is 40.9 Å². The first kappa shape index (κ1) is 51.0. The van der Waals surface area contributed by atoms with Gasteiger partial charge in [0.1, 0.15) is 17.1 Å². The van der Waals surface area contributed by atoms with E-state index in [1.165, 1.54) is 18.7 Å². The average Bonchev–Trinajstić information content (AvgIpc) is 3.87. The number of hydrogen-bond acceptors (Lipinski definition) is 14. The van der Waals surface area contributed by atoms with Crippen LogP contribution in [-0.2, 0) is 44.7 Å². The first-order chi connectivity index (χ1) is 31.6. The minimum absolute atomic E-state index is 0.0627. The number of alkyl halides is 1. The number of nitrogens with zero attached hydrogens (tertiary/aromatic N) is 5. The molecule has 0 bridgehead atoms. The molecule has 2 aromatic carbocycles. The van der Waals surface area contributed by atoms with Crippen LogP contribution in [0.15, 0.2) is 60.8 Å². The third-order valence-corrected chi connectivity index (χ3v) is 14.1. The van der Waals surface area contributed by atoms with Gasteiger partial charge in [0.25, 0.3) is 0 Å². The van der Waals surface area contributed by atoms with E-state index in [-0.39, 0.29) is 25.2 Å². The minimum atomic E-state index is -3.32. The van der Waals surface area contributed by atoms with Gasteiger partial charge in [-0.15, -0.1) is 5.10 Å². The van der Waals surface area contributed by atoms with Crippen molar-refractivity contribution < 1.29 is 52.1 Å². The Labute approximate surface area is 392 Å². The zero-order valence-electron chi connectivity index (χ0n) is 40.3. The second-order valence-corrected chi connectivity index (χ2v) is 19.4. The van der Waals surface area contributed by atoms with Crippen molar-refractivity contribution in [3.63, 3.8) is 0 Å². The van der Waals surface area contributed by atoms with E-state index < -0.39 is 107 Å². The topological polar surface area (TPSA) is 203 Å². The number of esters is 1. The maximum absolute atomic E-state index is 17.2. The third kappa shape index (κ3) is 10.7. The monoisotopic (exact) mass is 930 g/mol. The Hall–Kier alpha value is -5.39. The number of amides is 1. The molecule has 13 atom stereocenters. The summed E-state index contributed by atoms with van der Waals surface area (Å²) in [6, 6.07) is 14.3. The number of ketones is 4. The number of ether oxygens (including phenoxy) is 4. The standard InChI is InChI=1S/C50H67FN6O10/c1-11-36-40(59)45(61)49(7,51)44(60)32(6)41(66-47-42(38(55(9)10)25-30(4)64-47)65-46(62)33-18-13-12-14-19-33)29(3)24-28(2)39(58)31(5)43-50(36,8)67-48(63)57(43)23-16-15-22-56-27-37(53-54-56)34-20-17-21-35(52)26-34/h12-14,17-21,26-32,36,38,41-43,47H,11,15-16,22-25,52H2,1-10H3/t28-,29-,30-,31+,32-,36?,38+,41-,42-,43-,47+,49+,50+/m1/s1. The van der Waals surface area contributed by atoms with Crippen LogP contribution in [0.2, 0.25) is 0 Å². The Kier molecular flexibility index (Phi) is 15.9. The van der Waals surface area contributed by atoms with Gasteiger partial charge in [-0.05, 0) is 97.2 Å². The molecule has 1 aromatic heterocycles. The normalized spacial score (nSPS) is 33.3. The van der Waals surface area contributed by atoms with Gasteiger partial charge in [-0.25, -0.2) is 14.0 Å². The molecule has 2 aliphatic heterocycles. The molecule has 3 aliphatic rings. The van der Waals surface area contributed by atoms with E-state index in [2.05, 4.69) is 10.3 Å². The van der Waals surface area contributed by atoms with Gasteiger partial charge < -0.3 is 34.5 Å². The lowest BCUT2D eigenvalue weighted by atomic mass is 9.68. The predicted octanol–water partition coefficient (Wildman–Crippen LogP) is 6.54. The van der Waals surface area contributed by atoms with Crippen molar-refractivity contribution in [2.75, 3.05) is 26.4 Å². The number of fused-ring (bicyclic) bond motifs is 1. The van der Waals surface area contributed by atoms with Crippen LogP contribution in [0.3, 0.4) is 0 Å². The highest BCUT2D eigenvalue weighted by Gasteiger charge is 2.62.